The number of hydrogen-bond acceptors (Lipinski definition) is 3. The average molecular weight is 676 g/mol. The molecule has 0 fully saturated rings. The van der Waals surface area contributed by atoms with Crippen LogP contribution < -0.4 is 4.90 Å². The first-order valence-corrected chi connectivity index (χ1v) is 16.1. The van der Waals surface area contributed by atoms with Gasteiger partial charge in [0.1, 0.15) is 0 Å². The summed E-state index contributed by atoms with van der Waals surface area (Å²) in [6, 6.07) is 47.9. The molecule has 51 heavy (non-hydrogen) atoms. The van der Waals surface area contributed by atoms with Crippen molar-refractivity contribution in [3.8, 4) is 22.3 Å². The van der Waals surface area contributed by atoms with E-state index in [1.165, 1.54) is 6.08 Å². The van der Waals surface area contributed by atoms with Gasteiger partial charge < -0.3 is 4.90 Å². The maximum Gasteiger partial charge on any atom is 0.200 e. The van der Waals surface area contributed by atoms with Crippen molar-refractivity contribution in [1.82, 2.24) is 0 Å². The van der Waals surface area contributed by atoms with Crippen molar-refractivity contribution in [1.29, 1.82) is 0 Å². The largest absolute Gasteiger partial charge is 0.310 e. The van der Waals surface area contributed by atoms with Crippen LogP contribution in [0.15, 0.2) is 151 Å². The molecule has 246 valence electrons. The zero-order valence-corrected chi connectivity index (χ0v) is 26.7. The van der Waals surface area contributed by atoms with Crippen LogP contribution in [-0.4, -0.2) is 11.6 Å². The molecule has 7 aromatic rings. The quantitative estimate of drug-likeness (QED) is 0.0579. The summed E-state index contributed by atoms with van der Waals surface area (Å²) in [6.45, 7) is 0. The Balaban J connectivity index is 1.16. The minimum absolute atomic E-state index is 0.395. The number of fused-ring (bicyclic) bond motifs is 2. The monoisotopic (exact) mass is 675 g/mol. The Bertz CT molecular complexity index is 2400. The molecule has 1 aliphatic rings. The molecule has 0 unspecified atom stereocenters. The molecule has 0 amide bonds. The van der Waals surface area contributed by atoms with Crippen LogP contribution in [0.4, 0.5) is 34.6 Å². The van der Waals surface area contributed by atoms with Crippen LogP contribution >= 0.6 is 0 Å². The molecule has 0 atom stereocenters. The highest BCUT2D eigenvalue weighted by molar-refractivity contribution is 6.41. The number of ketones is 2. The van der Waals surface area contributed by atoms with Gasteiger partial charge in [-0.2, -0.15) is 0 Å². The van der Waals surface area contributed by atoms with Crippen LogP contribution in [0.5, 0.6) is 0 Å². The van der Waals surface area contributed by atoms with Crippen LogP contribution in [0.1, 0.15) is 26.3 Å². The van der Waals surface area contributed by atoms with Crippen molar-refractivity contribution in [3.63, 3.8) is 0 Å². The molecule has 7 heteroatoms. The summed E-state index contributed by atoms with van der Waals surface area (Å²) in [6.07, 6.45) is 1.18. The molecule has 0 N–H and O–H groups in total. The first-order chi connectivity index (χ1) is 24.8. The van der Waals surface area contributed by atoms with E-state index < -0.39 is 51.5 Å². The Morgan fingerprint density at radius 3 is 1.31 bits per heavy atom. The van der Waals surface area contributed by atoms with E-state index in [4.69, 9.17) is 0 Å². The van der Waals surface area contributed by atoms with Gasteiger partial charge in [-0.25, -0.2) is 17.6 Å². The summed E-state index contributed by atoms with van der Waals surface area (Å²) in [5, 5.41) is 1.60. The predicted octanol–water partition coefficient (Wildman–Crippen LogP) is 11.7. The van der Waals surface area contributed by atoms with E-state index in [0.29, 0.717) is 5.56 Å². The highest BCUT2D eigenvalue weighted by Crippen LogP contribution is 2.39. The van der Waals surface area contributed by atoms with Crippen LogP contribution in [0.2, 0.25) is 0 Å². The third-order valence-corrected chi connectivity index (χ3v) is 9.09. The van der Waals surface area contributed by atoms with Gasteiger partial charge >= 0.3 is 0 Å². The number of carbonyl (C=O) groups is 2. The Morgan fingerprint density at radius 2 is 0.824 bits per heavy atom. The molecular formula is C44H25F4NO2. The summed E-state index contributed by atoms with van der Waals surface area (Å²) in [4.78, 5) is 28.0. The van der Waals surface area contributed by atoms with Crippen molar-refractivity contribution >= 4 is 45.5 Å². The topological polar surface area (TPSA) is 37.4 Å². The molecule has 0 saturated heterocycles. The normalized spacial score (nSPS) is 12.4. The van der Waals surface area contributed by atoms with Crippen LogP contribution in [0.25, 0.3) is 39.1 Å². The first-order valence-electron chi connectivity index (χ1n) is 16.1. The summed E-state index contributed by atoms with van der Waals surface area (Å²) in [7, 11) is 0. The van der Waals surface area contributed by atoms with Crippen molar-refractivity contribution in [2.45, 2.75) is 0 Å². The fourth-order valence-corrected chi connectivity index (χ4v) is 6.52. The minimum atomic E-state index is -2.14. The minimum Gasteiger partial charge on any atom is -0.310 e. The molecule has 0 aromatic heterocycles. The zero-order chi connectivity index (χ0) is 35.2. The van der Waals surface area contributed by atoms with Gasteiger partial charge in [-0.1, -0.05) is 103 Å². The Kier molecular flexibility index (Phi) is 7.88. The van der Waals surface area contributed by atoms with Crippen molar-refractivity contribution in [3.05, 3.63) is 191 Å². The van der Waals surface area contributed by atoms with E-state index in [9.17, 15) is 27.2 Å². The van der Waals surface area contributed by atoms with Crippen LogP contribution in [-0.2, 0) is 0 Å². The number of nitrogens with zero attached hydrogens (tertiary/aromatic N) is 1. The number of rotatable bonds is 6. The third-order valence-electron chi connectivity index (χ3n) is 9.09. The number of anilines is 3. The molecule has 7 aromatic carbocycles. The summed E-state index contributed by atoms with van der Waals surface area (Å²) < 4.78 is 56.7. The van der Waals surface area contributed by atoms with E-state index in [1.807, 2.05) is 54.6 Å². The Labute approximate surface area is 290 Å². The fraction of sp³-hybridized carbons (Fsp3) is 0. The zero-order valence-electron chi connectivity index (χ0n) is 26.7. The second-order valence-corrected chi connectivity index (χ2v) is 12.2. The van der Waals surface area contributed by atoms with E-state index in [1.54, 1.807) is 18.2 Å². The molecule has 0 spiro atoms. The number of hydrogen-bond donors (Lipinski definition) is 0. The summed E-state index contributed by atoms with van der Waals surface area (Å²) >= 11 is 0. The molecule has 0 bridgehead atoms. The van der Waals surface area contributed by atoms with Gasteiger partial charge in [0.25, 0.3) is 0 Å². The lowest BCUT2D eigenvalue weighted by Crippen LogP contribution is -2.09. The van der Waals surface area contributed by atoms with Gasteiger partial charge in [-0.05, 0) is 87.1 Å². The van der Waals surface area contributed by atoms with Crippen molar-refractivity contribution in [2.75, 3.05) is 4.90 Å². The molecular weight excluding hydrogens is 650 g/mol. The molecule has 0 aliphatic heterocycles. The van der Waals surface area contributed by atoms with Crippen molar-refractivity contribution in [2.24, 2.45) is 0 Å². The highest BCUT2D eigenvalue weighted by Gasteiger charge is 2.42. The predicted molar refractivity (Wildman–Crippen MR) is 192 cm³/mol. The van der Waals surface area contributed by atoms with E-state index in [-0.39, 0.29) is 0 Å². The molecule has 1 aliphatic carbocycles. The first kappa shape index (κ1) is 31.7. The molecule has 0 saturated carbocycles. The number of Topliss-reactive ketones (excluding diaryl/α,β-unsaturated/α-hetero) is 2. The average Bonchev–Trinajstić information content (AvgIpc) is 3.42. The van der Waals surface area contributed by atoms with Gasteiger partial charge in [0.2, 0.25) is 11.6 Å². The second-order valence-electron chi connectivity index (χ2n) is 12.2. The van der Waals surface area contributed by atoms with E-state index >= 15 is 0 Å². The summed E-state index contributed by atoms with van der Waals surface area (Å²) in [5.74, 6) is -10.4. The number of carbonyl (C=O) groups excluding carboxylic acids is 2. The maximum absolute atomic E-state index is 14.4. The lowest BCUT2D eigenvalue weighted by atomic mass is 10.0. The van der Waals surface area contributed by atoms with Gasteiger partial charge in [-0.3, -0.25) is 9.59 Å². The van der Waals surface area contributed by atoms with E-state index in [2.05, 4.69) is 77.7 Å². The van der Waals surface area contributed by atoms with Gasteiger partial charge in [0, 0.05) is 17.1 Å². The molecule has 0 radical (unpaired) electrons. The lowest BCUT2D eigenvalue weighted by molar-refractivity contribution is 0.0988. The smallest absolute Gasteiger partial charge is 0.200 e. The lowest BCUT2D eigenvalue weighted by Gasteiger charge is -2.26. The number of halogens is 4. The second kappa shape index (κ2) is 12.7. The molecule has 8 rings (SSSR count). The maximum atomic E-state index is 14.4. The number of benzene rings is 7. The van der Waals surface area contributed by atoms with E-state index in [0.717, 1.165) is 50.1 Å². The van der Waals surface area contributed by atoms with Crippen molar-refractivity contribution < 1.29 is 27.2 Å². The highest BCUT2D eigenvalue weighted by atomic mass is 19.2. The molecule has 3 nitrogen and oxygen atoms in total. The standard InChI is InChI=1S/C44H25F4NO2/c45-39-37-38(40(46)42(48)41(39)47)44(51)36(43(37)50)24-26-11-12-32-25-35(22-17-31(32)23-26)49(33-18-13-29(14-19-33)27-7-3-1-4-8-27)34-20-15-30(16-21-34)28-9-5-2-6-10-28/h1-25H. The fourth-order valence-electron chi connectivity index (χ4n) is 6.52. The number of allylic oxidation sites excluding steroid dienone is 1. The van der Waals surface area contributed by atoms with Crippen LogP contribution in [0, 0.1) is 23.3 Å². The van der Waals surface area contributed by atoms with Gasteiger partial charge in [-0.15, -0.1) is 0 Å². The van der Waals surface area contributed by atoms with Crippen LogP contribution in [0.3, 0.4) is 0 Å². The van der Waals surface area contributed by atoms with Gasteiger partial charge in [0.15, 0.2) is 23.3 Å². The summed E-state index contributed by atoms with van der Waals surface area (Å²) in [5.41, 5.74) is 4.77. The SMILES string of the molecule is O=C1C(=Cc2ccc3cc(N(c4ccc(-c5ccccc5)cc4)c4ccc(-c5ccccc5)cc4)ccc3c2)C(=O)c2c(F)c(F)c(F)c(F)c21. The Morgan fingerprint density at radius 1 is 0.412 bits per heavy atom. The molecule has 0 heterocycles. The Hall–Kier alpha value is -6.60. The third kappa shape index (κ3) is 5.59. The van der Waals surface area contributed by atoms with Gasteiger partial charge in [0.05, 0.1) is 16.7 Å².